The summed E-state index contributed by atoms with van der Waals surface area (Å²) in [6.45, 7) is 1.88. The summed E-state index contributed by atoms with van der Waals surface area (Å²) >= 11 is 0. The van der Waals surface area contributed by atoms with Gasteiger partial charge in [-0.3, -0.25) is 0 Å². The number of halogens is 3. The van der Waals surface area contributed by atoms with E-state index in [9.17, 15) is 13.2 Å². The Kier molecular flexibility index (Phi) is 4.62. The monoisotopic (exact) mass is 297 g/mol. The van der Waals surface area contributed by atoms with Gasteiger partial charge >= 0.3 is 12.2 Å². The van der Waals surface area contributed by atoms with E-state index in [-0.39, 0.29) is 6.01 Å². The first-order valence-electron chi connectivity index (χ1n) is 6.36. The Bertz CT molecular complexity index is 558. The topological polar surface area (TPSA) is 47.0 Å². The van der Waals surface area contributed by atoms with E-state index in [0.29, 0.717) is 12.1 Å². The van der Waals surface area contributed by atoms with Crippen LogP contribution in [0.4, 0.5) is 18.9 Å². The minimum Gasteiger partial charge on any atom is -0.440 e. The number of rotatable bonds is 5. The molecule has 2 rings (SSSR count). The van der Waals surface area contributed by atoms with E-state index < -0.39 is 18.0 Å². The van der Waals surface area contributed by atoms with Crippen LogP contribution < -0.4 is 10.1 Å². The maximum absolute atomic E-state index is 12.5. The number of benzene rings is 1. The zero-order valence-corrected chi connectivity index (χ0v) is 11.3. The lowest BCUT2D eigenvalue weighted by Gasteiger charge is -2.19. The summed E-state index contributed by atoms with van der Waals surface area (Å²) in [4.78, 5) is 7.86. The molecule has 0 saturated heterocycles. The van der Waals surface area contributed by atoms with Gasteiger partial charge in [-0.2, -0.15) is 13.2 Å². The zero-order valence-electron chi connectivity index (χ0n) is 11.3. The van der Waals surface area contributed by atoms with E-state index >= 15 is 0 Å². The van der Waals surface area contributed by atoms with Crippen LogP contribution in [0.15, 0.2) is 42.7 Å². The summed E-state index contributed by atoms with van der Waals surface area (Å²) in [5.74, 6) is 0. The average Bonchev–Trinajstić information content (AvgIpc) is 2.47. The largest absolute Gasteiger partial charge is 0.440 e. The second-order valence-electron chi connectivity index (χ2n) is 4.27. The van der Waals surface area contributed by atoms with E-state index in [0.717, 1.165) is 12.1 Å². The van der Waals surface area contributed by atoms with Gasteiger partial charge < -0.3 is 10.1 Å². The molecule has 1 aromatic carbocycles. The molecule has 7 heteroatoms. The van der Waals surface area contributed by atoms with Gasteiger partial charge in [-0.1, -0.05) is 6.92 Å². The van der Waals surface area contributed by atoms with Crippen LogP contribution in [0.3, 0.4) is 0 Å². The molecule has 0 bridgehead atoms. The zero-order chi connectivity index (χ0) is 15.3. The van der Waals surface area contributed by atoms with Crippen LogP contribution in [0, 0.1) is 0 Å². The van der Waals surface area contributed by atoms with Crippen LogP contribution in [-0.2, 0) is 6.18 Å². The van der Waals surface area contributed by atoms with Gasteiger partial charge in [0.15, 0.2) is 6.23 Å². The predicted octanol–water partition coefficient (Wildman–Crippen LogP) is 3.72. The van der Waals surface area contributed by atoms with Crippen molar-refractivity contribution >= 4 is 5.69 Å². The van der Waals surface area contributed by atoms with Gasteiger partial charge in [-0.05, 0) is 30.3 Å². The Morgan fingerprint density at radius 3 is 2.29 bits per heavy atom. The Labute approximate surface area is 120 Å². The van der Waals surface area contributed by atoms with E-state index in [1.807, 2.05) is 6.92 Å². The molecule has 0 fully saturated rings. The lowest BCUT2D eigenvalue weighted by Crippen LogP contribution is -2.26. The molecule has 0 aliphatic rings. The number of nitrogens with zero attached hydrogens (tertiary/aromatic N) is 2. The van der Waals surface area contributed by atoms with Crippen LogP contribution in [-0.4, -0.2) is 16.2 Å². The van der Waals surface area contributed by atoms with Crippen molar-refractivity contribution in [2.24, 2.45) is 0 Å². The van der Waals surface area contributed by atoms with Gasteiger partial charge in [0.1, 0.15) is 0 Å². The highest BCUT2D eigenvalue weighted by Crippen LogP contribution is 2.30. The molecular formula is C14H14F3N3O. The maximum Gasteiger partial charge on any atom is 0.416 e. The fourth-order valence-corrected chi connectivity index (χ4v) is 1.63. The van der Waals surface area contributed by atoms with Crippen LogP contribution in [0.1, 0.15) is 18.9 Å². The van der Waals surface area contributed by atoms with Crippen LogP contribution in [0.2, 0.25) is 0 Å². The molecule has 0 spiro atoms. The molecule has 0 radical (unpaired) electrons. The molecule has 0 aliphatic carbocycles. The predicted molar refractivity (Wildman–Crippen MR) is 71.8 cm³/mol. The fraction of sp³-hybridized carbons (Fsp3) is 0.286. The SMILES string of the molecule is CCC(Nc1ccc(C(F)(F)F)cc1)Oc1ncccn1. The summed E-state index contributed by atoms with van der Waals surface area (Å²) in [7, 11) is 0. The van der Waals surface area contributed by atoms with Gasteiger partial charge in [0.25, 0.3) is 0 Å². The van der Waals surface area contributed by atoms with Crippen molar-refractivity contribution in [1.29, 1.82) is 0 Å². The number of aromatic nitrogens is 2. The molecule has 21 heavy (non-hydrogen) atoms. The van der Waals surface area contributed by atoms with Gasteiger partial charge in [0.2, 0.25) is 0 Å². The quantitative estimate of drug-likeness (QED) is 0.854. The van der Waals surface area contributed by atoms with Crippen molar-refractivity contribution in [2.75, 3.05) is 5.32 Å². The molecule has 1 aromatic heterocycles. The summed E-state index contributed by atoms with van der Waals surface area (Å²) in [6.07, 6.45) is -1.07. The molecule has 0 aliphatic heterocycles. The van der Waals surface area contributed by atoms with Crippen LogP contribution in [0.5, 0.6) is 6.01 Å². The first-order chi connectivity index (χ1) is 9.99. The second kappa shape index (κ2) is 6.43. The molecule has 2 aromatic rings. The molecule has 1 atom stereocenters. The van der Waals surface area contributed by atoms with Gasteiger partial charge in [-0.15, -0.1) is 0 Å². The van der Waals surface area contributed by atoms with E-state index in [1.165, 1.54) is 12.1 Å². The number of hydrogen-bond donors (Lipinski definition) is 1. The lowest BCUT2D eigenvalue weighted by atomic mass is 10.2. The standard InChI is InChI=1S/C14H14F3N3O/c1-2-12(21-13-18-8-3-9-19-13)20-11-6-4-10(5-7-11)14(15,16)17/h3-9,12,20H,2H2,1H3. The fourth-order valence-electron chi connectivity index (χ4n) is 1.63. The second-order valence-corrected chi connectivity index (χ2v) is 4.27. The average molecular weight is 297 g/mol. The van der Waals surface area contributed by atoms with Crippen molar-refractivity contribution < 1.29 is 17.9 Å². The van der Waals surface area contributed by atoms with Crippen molar-refractivity contribution in [1.82, 2.24) is 9.97 Å². The Morgan fingerprint density at radius 1 is 1.14 bits per heavy atom. The normalized spacial score (nSPS) is 12.8. The van der Waals surface area contributed by atoms with Crippen molar-refractivity contribution in [2.45, 2.75) is 25.7 Å². The Balaban J connectivity index is 2.02. The van der Waals surface area contributed by atoms with Gasteiger partial charge in [-0.25, -0.2) is 9.97 Å². The Hall–Kier alpha value is -2.31. The minimum atomic E-state index is -4.34. The summed E-state index contributed by atoms with van der Waals surface area (Å²) in [5, 5.41) is 2.99. The molecule has 4 nitrogen and oxygen atoms in total. The van der Waals surface area contributed by atoms with Crippen LogP contribution >= 0.6 is 0 Å². The molecule has 1 unspecified atom stereocenters. The highest BCUT2D eigenvalue weighted by molar-refractivity contribution is 5.45. The molecular weight excluding hydrogens is 283 g/mol. The number of ether oxygens (including phenoxy) is 1. The molecule has 0 saturated carbocycles. The summed E-state index contributed by atoms with van der Waals surface area (Å²) in [5.41, 5.74) is -0.154. The smallest absolute Gasteiger partial charge is 0.416 e. The highest BCUT2D eigenvalue weighted by atomic mass is 19.4. The number of nitrogens with one attached hydrogen (secondary N) is 1. The molecule has 0 amide bonds. The van der Waals surface area contributed by atoms with E-state index in [4.69, 9.17) is 4.74 Å². The molecule has 1 heterocycles. The molecule has 112 valence electrons. The van der Waals surface area contributed by atoms with Gasteiger partial charge in [0.05, 0.1) is 5.56 Å². The van der Waals surface area contributed by atoms with E-state index in [1.54, 1.807) is 18.5 Å². The summed E-state index contributed by atoms with van der Waals surface area (Å²) in [6, 6.07) is 6.64. The van der Waals surface area contributed by atoms with Gasteiger partial charge in [0, 0.05) is 24.5 Å². The van der Waals surface area contributed by atoms with Crippen LogP contribution in [0.25, 0.3) is 0 Å². The van der Waals surface area contributed by atoms with Crippen molar-refractivity contribution in [3.8, 4) is 6.01 Å². The maximum atomic E-state index is 12.5. The Morgan fingerprint density at radius 2 is 1.76 bits per heavy atom. The minimum absolute atomic E-state index is 0.212. The van der Waals surface area contributed by atoms with E-state index in [2.05, 4.69) is 15.3 Å². The third kappa shape index (κ3) is 4.34. The first kappa shape index (κ1) is 15.1. The third-order valence-corrected chi connectivity index (χ3v) is 2.70. The lowest BCUT2D eigenvalue weighted by molar-refractivity contribution is -0.137. The third-order valence-electron chi connectivity index (χ3n) is 2.70. The summed E-state index contributed by atoms with van der Waals surface area (Å²) < 4.78 is 42.9. The number of anilines is 1. The van der Waals surface area contributed by atoms with Crippen molar-refractivity contribution in [3.63, 3.8) is 0 Å². The number of alkyl halides is 3. The highest BCUT2D eigenvalue weighted by Gasteiger charge is 2.30. The molecule has 1 N–H and O–H groups in total. The van der Waals surface area contributed by atoms with Crippen molar-refractivity contribution in [3.05, 3.63) is 48.3 Å². The number of hydrogen-bond acceptors (Lipinski definition) is 4. The first-order valence-corrected chi connectivity index (χ1v) is 6.36.